The second-order valence-electron chi connectivity index (χ2n) is 7.05. The molecule has 0 atom stereocenters. The number of aromatic nitrogens is 2. The summed E-state index contributed by atoms with van der Waals surface area (Å²) in [7, 11) is 0. The molecule has 2 aromatic carbocycles. The summed E-state index contributed by atoms with van der Waals surface area (Å²) in [6.07, 6.45) is 3.69. The van der Waals surface area contributed by atoms with Gasteiger partial charge in [-0.05, 0) is 51.7 Å². The van der Waals surface area contributed by atoms with Crippen LogP contribution >= 0.6 is 34.3 Å². The molecule has 3 N–H and O–H groups in total. The van der Waals surface area contributed by atoms with Crippen LogP contribution in [0.3, 0.4) is 0 Å². The summed E-state index contributed by atoms with van der Waals surface area (Å²) < 4.78 is 3.29. The summed E-state index contributed by atoms with van der Waals surface area (Å²) in [6, 6.07) is 12.0. The Morgan fingerprint density at radius 2 is 2.03 bits per heavy atom. The SMILES string of the molecule is Nc1ncc(-c2ccc3c(CC(=O)O)cn(Cc4csc5ccc(Cl)cc45)c3c2)s1. The fraction of sp³-hybridized carbons (Fsp3) is 0.0909. The average molecular weight is 454 g/mol. The predicted molar refractivity (Wildman–Crippen MR) is 125 cm³/mol. The van der Waals surface area contributed by atoms with Crippen LogP contribution in [0.1, 0.15) is 11.1 Å². The Morgan fingerprint density at radius 3 is 2.80 bits per heavy atom. The van der Waals surface area contributed by atoms with Crippen molar-refractivity contribution < 1.29 is 9.90 Å². The molecule has 0 spiro atoms. The van der Waals surface area contributed by atoms with Crippen LogP contribution in [-0.2, 0) is 17.8 Å². The van der Waals surface area contributed by atoms with Crippen molar-refractivity contribution in [1.29, 1.82) is 0 Å². The smallest absolute Gasteiger partial charge is 0.307 e. The number of fused-ring (bicyclic) bond motifs is 2. The van der Waals surface area contributed by atoms with E-state index in [4.69, 9.17) is 17.3 Å². The molecule has 0 aliphatic rings. The van der Waals surface area contributed by atoms with Crippen LogP contribution in [0.15, 0.2) is 54.2 Å². The highest BCUT2D eigenvalue weighted by Gasteiger charge is 2.15. The van der Waals surface area contributed by atoms with Crippen LogP contribution in [0.5, 0.6) is 0 Å². The van der Waals surface area contributed by atoms with Gasteiger partial charge in [-0.1, -0.05) is 35.1 Å². The third-order valence-corrected chi connectivity index (χ3v) is 7.19. The van der Waals surface area contributed by atoms with Crippen molar-refractivity contribution in [2.75, 3.05) is 5.73 Å². The Kier molecular flexibility index (Phi) is 4.73. The minimum absolute atomic E-state index is 0.0213. The van der Waals surface area contributed by atoms with Crippen molar-refractivity contribution in [2.24, 2.45) is 0 Å². The molecule has 0 unspecified atom stereocenters. The molecule has 5 aromatic rings. The average Bonchev–Trinajstić information content (AvgIpc) is 3.40. The minimum Gasteiger partial charge on any atom is -0.481 e. The highest BCUT2D eigenvalue weighted by atomic mass is 35.5. The van der Waals surface area contributed by atoms with E-state index < -0.39 is 5.97 Å². The van der Waals surface area contributed by atoms with Crippen LogP contribution in [0.25, 0.3) is 31.4 Å². The molecule has 0 saturated heterocycles. The van der Waals surface area contributed by atoms with Crippen molar-refractivity contribution in [3.8, 4) is 10.4 Å². The Bertz CT molecular complexity index is 1420. The van der Waals surface area contributed by atoms with E-state index >= 15 is 0 Å². The number of thiazole rings is 1. The van der Waals surface area contributed by atoms with Gasteiger partial charge < -0.3 is 15.4 Å². The quantitative estimate of drug-likeness (QED) is 0.347. The lowest BCUT2D eigenvalue weighted by Crippen LogP contribution is -2.00. The molecule has 0 fully saturated rings. The van der Waals surface area contributed by atoms with Crippen molar-refractivity contribution in [2.45, 2.75) is 13.0 Å². The third kappa shape index (κ3) is 3.45. The molecule has 0 aliphatic heterocycles. The normalized spacial score (nSPS) is 11.5. The molecular formula is C22H16ClN3O2S2. The fourth-order valence-electron chi connectivity index (χ4n) is 3.74. The van der Waals surface area contributed by atoms with E-state index in [1.165, 1.54) is 16.0 Å². The number of rotatable bonds is 5. The maximum absolute atomic E-state index is 11.4. The van der Waals surface area contributed by atoms with Gasteiger partial charge in [0.2, 0.25) is 0 Å². The molecule has 0 radical (unpaired) electrons. The van der Waals surface area contributed by atoms with E-state index in [1.54, 1.807) is 17.5 Å². The Hall–Kier alpha value is -2.87. The number of nitrogen functional groups attached to an aromatic ring is 1. The Balaban J connectivity index is 1.65. The van der Waals surface area contributed by atoms with E-state index in [2.05, 4.69) is 21.0 Å². The standard InChI is InChI=1S/C22H16ClN3O2S2/c23-15-2-4-19-17(7-15)14(11-29-19)10-26-9-13(6-21(27)28)16-3-1-12(5-18(16)26)20-8-25-22(24)30-20/h1-5,7-9,11H,6,10H2,(H2,24,25)(H,27,28). The molecular weight excluding hydrogens is 438 g/mol. The lowest BCUT2D eigenvalue weighted by Gasteiger charge is -2.06. The number of carboxylic acids is 1. The van der Waals surface area contributed by atoms with Gasteiger partial charge in [0.05, 0.1) is 11.3 Å². The number of nitrogens with two attached hydrogens (primary N) is 1. The molecule has 5 rings (SSSR count). The predicted octanol–water partition coefficient (Wildman–Crippen LogP) is 5.89. The van der Waals surface area contributed by atoms with Crippen molar-refractivity contribution in [3.05, 3.63) is 70.3 Å². The van der Waals surface area contributed by atoms with E-state index in [0.717, 1.165) is 37.9 Å². The van der Waals surface area contributed by atoms with Crippen LogP contribution in [0.2, 0.25) is 5.02 Å². The number of nitrogens with zero attached hydrogens (tertiary/aromatic N) is 2. The lowest BCUT2D eigenvalue weighted by molar-refractivity contribution is -0.136. The number of hydrogen-bond donors (Lipinski definition) is 2. The molecule has 8 heteroatoms. The van der Waals surface area contributed by atoms with E-state index in [-0.39, 0.29) is 6.42 Å². The van der Waals surface area contributed by atoms with E-state index in [0.29, 0.717) is 16.7 Å². The summed E-state index contributed by atoms with van der Waals surface area (Å²) in [5, 5.41) is 14.8. The Morgan fingerprint density at radius 1 is 1.17 bits per heavy atom. The number of carbonyl (C=O) groups is 1. The molecule has 0 aliphatic carbocycles. The van der Waals surface area contributed by atoms with Crippen LogP contribution < -0.4 is 5.73 Å². The number of hydrogen-bond acceptors (Lipinski definition) is 5. The summed E-state index contributed by atoms with van der Waals surface area (Å²) in [5.41, 5.74) is 9.75. The highest BCUT2D eigenvalue weighted by Crippen LogP contribution is 2.34. The summed E-state index contributed by atoms with van der Waals surface area (Å²) in [5.74, 6) is -0.846. The summed E-state index contributed by atoms with van der Waals surface area (Å²) in [4.78, 5) is 16.5. The first-order valence-corrected chi connectivity index (χ1v) is 11.3. The first-order valence-electron chi connectivity index (χ1n) is 9.19. The summed E-state index contributed by atoms with van der Waals surface area (Å²) >= 11 is 9.33. The third-order valence-electron chi connectivity index (χ3n) is 5.07. The first kappa shape index (κ1) is 19.1. The number of benzene rings is 2. The van der Waals surface area contributed by atoms with Crippen molar-refractivity contribution >= 4 is 66.4 Å². The van der Waals surface area contributed by atoms with Gasteiger partial charge in [0.1, 0.15) is 0 Å². The zero-order chi connectivity index (χ0) is 20.8. The molecule has 150 valence electrons. The zero-order valence-electron chi connectivity index (χ0n) is 15.6. The van der Waals surface area contributed by atoms with Gasteiger partial charge in [0.25, 0.3) is 0 Å². The monoisotopic (exact) mass is 453 g/mol. The molecule has 30 heavy (non-hydrogen) atoms. The molecule has 5 nitrogen and oxygen atoms in total. The highest BCUT2D eigenvalue weighted by molar-refractivity contribution is 7.18. The van der Waals surface area contributed by atoms with Gasteiger partial charge in [-0.25, -0.2) is 4.98 Å². The first-order chi connectivity index (χ1) is 14.5. The maximum atomic E-state index is 11.4. The molecule has 0 amide bonds. The van der Waals surface area contributed by atoms with Gasteiger partial charge >= 0.3 is 5.97 Å². The second kappa shape index (κ2) is 7.43. The largest absolute Gasteiger partial charge is 0.481 e. The van der Waals surface area contributed by atoms with Gasteiger partial charge in [-0.3, -0.25) is 4.79 Å². The zero-order valence-corrected chi connectivity index (χ0v) is 18.0. The van der Waals surface area contributed by atoms with Crippen molar-refractivity contribution in [1.82, 2.24) is 9.55 Å². The molecule has 0 saturated carbocycles. The second-order valence-corrected chi connectivity index (χ2v) is 9.46. The van der Waals surface area contributed by atoms with Crippen LogP contribution in [-0.4, -0.2) is 20.6 Å². The molecule has 3 heterocycles. The molecule has 0 bridgehead atoms. The number of halogens is 1. The number of aliphatic carboxylic acids is 1. The van der Waals surface area contributed by atoms with Gasteiger partial charge in [0.15, 0.2) is 5.13 Å². The van der Waals surface area contributed by atoms with E-state index in [1.807, 2.05) is 36.5 Å². The van der Waals surface area contributed by atoms with E-state index in [9.17, 15) is 9.90 Å². The van der Waals surface area contributed by atoms with Gasteiger partial charge in [-0.15, -0.1) is 11.3 Å². The van der Waals surface area contributed by atoms with Crippen molar-refractivity contribution in [3.63, 3.8) is 0 Å². The number of anilines is 1. The number of carboxylic acid groups (broad SMARTS) is 1. The maximum Gasteiger partial charge on any atom is 0.307 e. The van der Waals surface area contributed by atoms with Gasteiger partial charge in [-0.2, -0.15) is 0 Å². The van der Waals surface area contributed by atoms with Crippen LogP contribution in [0.4, 0.5) is 5.13 Å². The minimum atomic E-state index is -0.846. The van der Waals surface area contributed by atoms with Gasteiger partial charge in [0, 0.05) is 39.6 Å². The lowest BCUT2D eigenvalue weighted by atomic mass is 10.1. The van der Waals surface area contributed by atoms with Crippen LogP contribution in [0, 0.1) is 0 Å². The summed E-state index contributed by atoms with van der Waals surface area (Å²) in [6.45, 7) is 0.630. The number of thiophene rings is 1. The fourth-order valence-corrected chi connectivity index (χ4v) is 5.52. The molecule has 3 aromatic heterocycles. The topological polar surface area (TPSA) is 81.1 Å². The Labute approximate surface area is 185 Å².